The lowest BCUT2D eigenvalue weighted by molar-refractivity contribution is -0.139. The molecule has 208 valence electrons. The number of rotatable bonds is 12. The molecule has 0 radical (unpaired) electrons. The minimum Gasteiger partial charge on any atom is -0.492 e. The van der Waals surface area contributed by atoms with Crippen molar-refractivity contribution < 1.29 is 22.7 Å². The van der Waals surface area contributed by atoms with Crippen LogP contribution < -0.4 is 14.4 Å². The zero-order chi connectivity index (χ0) is 28.6. The molecule has 0 fully saturated rings. The summed E-state index contributed by atoms with van der Waals surface area (Å²) in [5.41, 5.74) is 3.05. The average molecular weight is 552 g/mol. The first-order valence-corrected chi connectivity index (χ1v) is 14.5. The molecular formula is C30H37N3O5S. The van der Waals surface area contributed by atoms with E-state index in [2.05, 4.69) is 5.32 Å². The Labute approximate surface area is 231 Å². The molecule has 3 rings (SSSR count). The molecule has 8 nitrogen and oxygen atoms in total. The van der Waals surface area contributed by atoms with Crippen molar-refractivity contribution in [2.24, 2.45) is 0 Å². The lowest BCUT2D eigenvalue weighted by Gasteiger charge is -2.32. The van der Waals surface area contributed by atoms with Gasteiger partial charge in [0.05, 0.1) is 17.2 Å². The Bertz CT molecular complexity index is 1370. The molecule has 9 heteroatoms. The van der Waals surface area contributed by atoms with Gasteiger partial charge in [-0.2, -0.15) is 0 Å². The molecule has 0 spiro atoms. The van der Waals surface area contributed by atoms with Gasteiger partial charge in [-0.15, -0.1) is 0 Å². The normalized spacial score (nSPS) is 11.9. The van der Waals surface area contributed by atoms with Crippen molar-refractivity contribution in [3.63, 3.8) is 0 Å². The molecule has 1 atom stereocenters. The summed E-state index contributed by atoms with van der Waals surface area (Å²) in [6, 6.07) is 20.0. The maximum absolute atomic E-state index is 14.0. The topological polar surface area (TPSA) is 96.0 Å². The van der Waals surface area contributed by atoms with Crippen LogP contribution >= 0.6 is 0 Å². The quantitative estimate of drug-likeness (QED) is 0.359. The minimum absolute atomic E-state index is 0.0501. The van der Waals surface area contributed by atoms with E-state index in [0.29, 0.717) is 18.9 Å². The molecule has 0 saturated carbocycles. The van der Waals surface area contributed by atoms with E-state index in [1.54, 1.807) is 57.2 Å². The SMILES string of the molecule is CCNC(=O)[C@H](C)N(Cc1ccc(C)cc1)C(=O)CN(c1ccccc1OCC)S(=O)(=O)c1ccc(C)cc1. The molecule has 3 aromatic carbocycles. The summed E-state index contributed by atoms with van der Waals surface area (Å²) in [6.07, 6.45) is 0. The number of aryl methyl sites for hydroxylation is 2. The first-order chi connectivity index (χ1) is 18.6. The molecule has 3 aromatic rings. The Morgan fingerprint density at radius 3 is 2.08 bits per heavy atom. The molecule has 1 N–H and O–H groups in total. The van der Waals surface area contributed by atoms with E-state index in [0.717, 1.165) is 21.0 Å². The molecule has 0 unspecified atom stereocenters. The number of para-hydroxylation sites is 2. The first kappa shape index (κ1) is 29.7. The minimum atomic E-state index is -4.17. The fraction of sp³-hybridized carbons (Fsp3) is 0.333. The van der Waals surface area contributed by atoms with Gasteiger partial charge >= 0.3 is 0 Å². The van der Waals surface area contributed by atoms with E-state index in [9.17, 15) is 18.0 Å². The number of benzene rings is 3. The van der Waals surface area contributed by atoms with E-state index >= 15 is 0 Å². The van der Waals surface area contributed by atoms with Crippen molar-refractivity contribution in [3.8, 4) is 5.75 Å². The fourth-order valence-electron chi connectivity index (χ4n) is 4.09. The second kappa shape index (κ2) is 13.3. The maximum atomic E-state index is 14.0. The highest BCUT2D eigenvalue weighted by atomic mass is 32.2. The molecule has 2 amide bonds. The van der Waals surface area contributed by atoms with Gasteiger partial charge in [0, 0.05) is 13.1 Å². The zero-order valence-corrected chi connectivity index (χ0v) is 24.0. The Balaban J connectivity index is 2.07. The molecule has 0 aliphatic heterocycles. The van der Waals surface area contributed by atoms with Crippen molar-refractivity contribution >= 4 is 27.5 Å². The summed E-state index contributed by atoms with van der Waals surface area (Å²) in [7, 11) is -4.17. The maximum Gasteiger partial charge on any atom is 0.264 e. The zero-order valence-electron chi connectivity index (χ0n) is 23.2. The third kappa shape index (κ3) is 7.38. The van der Waals surface area contributed by atoms with Crippen molar-refractivity contribution in [2.45, 2.75) is 52.1 Å². The Hall–Kier alpha value is -3.85. The van der Waals surface area contributed by atoms with Gasteiger partial charge in [-0.1, -0.05) is 59.7 Å². The lowest BCUT2D eigenvalue weighted by Crippen LogP contribution is -2.51. The standard InChI is InChI=1S/C30H37N3O5S/c1-6-31-30(35)24(5)32(20-25-16-12-22(3)13-17-25)29(34)21-33(27-10-8-9-11-28(27)38-7-2)39(36,37)26-18-14-23(4)15-19-26/h8-19,24H,6-7,20-21H2,1-5H3,(H,31,35)/t24-/m0/s1. The first-order valence-electron chi connectivity index (χ1n) is 13.0. The summed E-state index contributed by atoms with van der Waals surface area (Å²) >= 11 is 0. The van der Waals surface area contributed by atoms with Gasteiger partial charge < -0.3 is 15.0 Å². The molecular weight excluding hydrogens is 514 g/mol. The van der Waals surface area contributed by atoms with Crippen LogP contribution in [0.25, 0.3) is 0 Å². The van der Waals surface area contributed by atoms with Crippen LogP contribution in [-0.2, 0) is 26.2 Å². The summed E-state index contributed by atoms with van der Waals surface area (Å²) in [6.45, 7) is 9.43. The number of sulfonamides is 1. The highest BCUT2D eigenvalue weighted by Gasteiger charge is 2.33. The van der Waals surface area contributed by atoms with Gasteiger partial charge in [0.25, 0.3) is 10.0 Å². The Kier molecular flexibility index (Phi) is 10.1. The van der Waals surface area contributed by atoms with Crippen molar-refractivity contribution in [1.29, 1.82) is 0 Å². The molecule has 0 bridgehead atoms. The molecule has 0 aliphatic carbocycles. The number of carbonyl (C=O) groups is 2. The van der Waals surface area contributed by atoms with Gasteiger partial charge in [0.15, 0.2) is 0 Å². The Morgan fingerprint density at radius 2 is 1.49 bits per heavy atom. The van der Waals surface area contributed by atoms with E-state index in [1.165, 1.54) is 17.0 Å². The number of nitrogens with zero attached hydrogens (tertiary/aromatic N) is 2. The number of ether oxygens (including phenoxy) is 1. The van der Waals surface area contributed by atoms with Crippen LogP contribution in [-0.4, -0.2) is 50.9 Å². The number of likely N-dealkylation sites (N-methyl/N-ethyl adjacent to an activating group) is 1. The highest BCUT2D eigenvalue weighted by Crippen LogP contribution is 2.33. The summed E-state index contributed by atoms with van der Waals surface area (Å²) < 4.78 is 34.8. The van der Waals surface area contributed by atoms with Crippen molar-refractivity contribution in [2.75, 3.05) is 24.0 Å². The number of carbonyl (C=O) groups excluding carboxylic acids is 2. The number of anilines is 1. The molecule has 39 heavy (non-hydrogen) atoms. The van der Waals surface area contributed by atoms with E-state index < -0.39 is 28.5 Å². The fourth-order valence-corrected chi connectivity index (χ4v) is 5.51. The monoisotopic (exact) mass is 551 g/mol. The van der Waals surface area contributed by atoms with E-state index in [4.69, 9.17) is 4.74 Å². The summed E-state index contributed by atoms with van der Waals surface area (Å²) in [5.74, 6) is -0.498. The number of nitrogens with one attached hydrogen (secondary N) is 1. The average Bonchev–Trinajstić information content (AvgIpc) is 2.92. The van der Waals surface area contributed by atoms with Crippen LogP contribution in [0.2, 0.25) is 0 Å². The largest absolute Gasteiger partial charge is 0.492 e. The van der Waals surface area contributed by atoms with Gasteiger partial charge in [0.2, 0.25) is 11.8 Å². The molecule has 0 aliphatic rings. The summed E-state index contributed by atoms with van der Waals surface area (Å²) in [4.78, 5) is 28.2. The van der Waals surface area contributed by atoms with Gasteiger partial charge in [-0.05, 0) is 64.4 Å². The van der Waals surface area contributed by atoms with E-state index in [-0.39, 0.29) is 23.0 Å². The third-order valence-electron chi connectivity index (χ3n) is 6.31. The molecule has 0 heterocycles. The third-order valence-corrected chi connectivity index (χ3v) is 8.09. The molecule has 0 saturated heterocycles. The second-order valence-electron chi connectivity index (χ2n) is 9.30. The smallest absolute Gasteiger partial charge is 0.264 e. The van der Waals surface area contributed by atoms with Crippen LogP contribution in [0.4, 0.5) is 5.69 Å². The van der Waals surface area contributed by atoms with Crippen molar-refractivity contribution in [1.82, 2.24) is 10.2 Å². The predicted molar refractivity (Wildman–Crippen MR) is 153 cm³/mol. The number of hydrogen-bond donors (Lipinski definition) is 1. The number of amides is 2. The van der Waals surface area contributed by atoms with Crippen LogP contribution in [0.1, 0.15) is 37.5 Å². The van der Waals surface area contributed by atoms with Crippen LogP contribution in [0.5, 0.6) is 5.75 Å². The molecule has 0 aromatic heterocycles. The lowest BCUT2D eigenvalue weighted by atomic mass is 10.1. The predicted octanol–water partition coefficient (Wildman–Crippen LogP) is 4.45. The van der Waals surface area contributed by atoms with Gasteiger partial charge in [-0.3, -0.25) is 13.9 Å². The summed E-state index contributed by atoms with van der Waals surface area (Å²) in [5, 5.41) is 2.76. The Morgan fingerprint density at radius 1 is 0.897 bits per heavy atom. The second-order valence-corrected chi connectivity index (χ2v) is 11.2. The van der Waals surface area contributed by atoms with Gasteiger partial charge in [-0.25, -0.2) is 8.42 Å². The van der Waals surface area contributed by atoms with Gasteiger partial charge in [0.1, 0.15) is 18.3 Å². The van der Waals surface area contributed by atoms with Crippen LogP contribution in [0, 0.1) is 13.8 Å². The number of hydrogen-bond acceptors (Lipinski definition) is 5. The van der Waals surface area contributed by atoms with Crippen LogP contribution in [0.15, 0.2) is 77.7 Å². The van der Waals surface area contributed by atoms with Crippen LogP contribution in [0.3, 0.4) is 0 Å². The van der Waals surface area contributed by atoms with E-state index in [1.807, 2.05) is 38.1 Å². The van der Waals surface area contributed by atoms with Crippen molar-refractivity contribution in [3.05, 3.63) is 89.5 Å². The highest BCUT2D eigenvalue weighted by molar-refractivity contribution is 7.92.